The minimum atomic E-state index is -0.167. The van der Waals surface area contributed by atoms with Crippen molar-refractivity contribution in [1.29, 1.82) is 5.26 Å². The molecule has 0 aliphatic carbocycles. The van der Waals surface area contributed by atoms with E-state index in [-0.39, 0.29) is 11.5 Å². The third kappa shape index (κ3) is 2.86. The van der Waals surface area contributed by atoms with Crippen molar-refractivity contribution in [2.75, 3.05) is 11.9 Å². The third-order valence-corrected chi connectivity index (χ3v) is 3.02. The topological polar surface area (TPSA) is 72.8 Å². The Labute approximate surface area is 117 Å². The summed E-state index contributed by atoms with van der Waals surface area (Å²) in [7, 11) is 1.84. The van der Waals surface area contributed by atoms with Crippen molar-refractivity contribution >= 4 is 11.5 Å². The second-order valence-electron chi connectivity index (χ2n) is 4.86. The van der Waals surface area contributed by atoms with E-state index in [9.17, 15) is 4.79 Å². The van der Waals surface area contributed by atoms with Gasteiger partial charge in [0.15, 0.2) is 0 Å². The third-order valence-electron chi connectivity index (χ3n) is 3.02. The molecule has 5 heteroatoms. The summed E-state index contributed by atoms with van der Waals surface area (Å²) < 4.78 is 0. The normalized spacial score (nSPS) is 10.3. The number of nitrogens with zero attached hydrogens (tertiary/aromatic N) is 3. The molecule has 0 bridgehead atoms. The minimum Gasteiger partial charge on any atom is -0.329 e. The van der Waals surface area contributed by atoms with Gasteiger partial charge in [-0.15, -0.1) is 0 Å². The van der Waals surface area contributed by atoms with Crippen LogP contribution in [-0.2, 0) is 0 Å². The van der Waals surface area contributed by atoms with Gasteiger partial charge in [0.05, 0.1) is 11.6 Å². The zero-order valence-corrected chi connectivity index (χ0v) is 11.7. The fraction of sp³-hybridized carbons (Fsp3) is 0.267. The zero-order chi connectivity index (χ0) is 14.7. The number of aromatic nitrogens is 2. The molecule has 0 saturated carbocycles. The largest absolute Gasteiger partial charge is 0.329 e. The molecule has 0 aliphatic heterocycles. The van der Waals surface area contributed by atoms with Crippen molar-refractivity contribution in [3.05, 3.63) is 52.1 Å². The van der Waals surface area contributed by atoms with E-state index in [2.05, 4.69) is 16.0 Å². The maximum atomic E-state index is 11.7. The Morgan fingerprint density at radius 2 is 1.95 bits per heavy atom. The highest BCUT2D eigenvalue weighted by Crippen LogP contribution is 2.21. The summed E-state index contributed by atoms with van der Waals surface area (Å²) >= 11 is 0. The predicted molar refractivity (Wildman–Crippen MR) is 78.2 cm³/mol. The molecule has 0 radical (unpaired) electrons. The van der Waals surface area contributed by atoms with E-state index in [1.165, 1.54) is 6.07 Å². The number of rotatable bonds is 3. The van der Waals surface area contributed by atoms with E-state index in [1.54, 1.807) is 12.1 Å². The Morgan fingerprint density at radius 1 is 1.30 bits per heavy atom. The standard InChI is InChI=1S/C15H16N4O/c1-10(2)15-17-13(8-14(20)18-15)19(3)12-6-4-11(9-16)5-7-12/h4-8,10H,1-3H3,(H,17,18,20). The SMILES string of the molecule is CC(C)c1nc(N(C)c2ccc(C#N)cc2)cc(=O)[nH]1. The van der Waals surface area contributed by atoms with Crippen LogP contribution in [0.15, 0.2) is 35.1 Å². The predicted octanol–water partition coefficient (Wildman–Crippen LogP) is 2.53. The lowest BCUT2D eigenvalue weighted by Crippen LogP contribution is -2.18. The number of aromatic amines is 1. The number of nitriles is 1. The van der Waals surface area contributed by atoms with E-state index in [1.807, 2.05) is 37.9 Å². The Balaban J connectivity index is 2.39. The molecule has 2 aromatic rings. The van der Waals surface area contributed by atoms with E-state index in [0.29, 0.717) is 17.2 Å². The maximum Gasteiger partial charge on any atom is 0.253 e. The number of anilines is 2. The summed E-state index contributed by atoms with van der Waals surface area (Å²) in [5, 5.41) is 8.80. The highest BCUT2D eigenvalue weighted by atomic mass is 16.1. The highest BCUT2D eigenvalue weighted by molar-refractivity contribution is 5.59. The molecule has 20 heavy (non-hydrogen) atoms. The molecule has 0 saturated heterocycles. The van der Waals surface area contributed by atoms with Crippen LogP contribution in [0.25, 0.3) is 0 Å². The van der Waals surface area contributed by atoms with Crippen LogP contribution in [0.5, 0.6) is 0 Å². The average Bonchev–Trinajstić information content (AvgIpc) is 2.46. The monoisotopic (exact) mass is 268 g/mol. The summed E-state index contributed by atoms with van der Waals surface area (Å²) in [5.41, 5.74) is 1.31. The summed E-state index contributed by atoms with van der Waals surface area (Å²) in [6, 6.07) is 10.7. The van der Waals surface area contributed by atoms with E-state index in [4.69, 9.17) is 5.26 Å². The van der Waals surface area contributed by atoms with Crippen molar-refractivity contribution in [3.8, 4) is 6.07 Å². The van der Waals surface area contributed by atoms with Crippen LogP contribution in [0.2, 0.25) is 0 Å². The fourth-order valence-electron chi connectivity index (χ4n) is 1.80. The van der Waals surface area contributed by atoms with E-state index < -0.39 is 0 Å². The summed E-state index contributed by atoms with van der Waals surface area (Å²) in [4.78, 5) is 20.7. The summed E-state index contributed by atoms with van der Waals surface area (Å²) in [6.45, 7) is 3.95. The van der Waals surface area contributed by atoms with Crippen LogP contribution in [0.1, 0.15) is 31.2 Å². The van der Waals surface area contributed by atoms with Crippen molar-refractivity contribution in [1.82, 2.24) is 9.97 Å². The van der Waals surface area contributed by atoms with Gasteiger partial charge >= 0.3 is 0 Å². The molecule has 102 valence electrons. The first kappa shape index (κ1) is 13.8. The van der Waals surface area contributed by atoms with Gasteiger partial charge in [0, 0.05) is 24.7 Å². The molecule has 0 aliphatic rings. The lowest BCUT2D eigenvalue weighted by Gasteiger charge is -2.19. The van der Waals surface area contributed by atoms with Gasteiger partial charge in [0.1, 0.15) is 11.6 Å². The Bertz CT molecular complexity index is 695. The number of hydrogen-bond acceptors (Lipinski definition) is 4. The Morgan fingerprint density at radius 3 is 2.50 bits per heavy atom. The molecule has 0 atom stereocenters. The second-order valence-corrected chi connectivity index (χ2v) is 4.86. The first-order valence-electron chi connectivity index (χ1n) is 6.36. The molecule has 0 fully saturated rings. The van der Waals surface area contributed by atoms with Gasteiger partial charge in [0.25, 0.3) is 5.56 Å². The van der Waals surface area contributed by atoms with E-state index >= 15 is 0 Å². The average molecular weight is 268 g/mol. The molecule has 2 rings (SSSR count). The van der Waals surface area contributed by atoms with E-state index in [0.717, 1.165) is 5.69 Å². The lowest BCUT2D eigenvalue weighted by molar-refractivity contribution is 0.764. The Hall–Kier alpha value is -2.61. The summed E-state index contributed by atoms with van der Waals surface area (Å²) in [6.07, 6.45) is 0. The van der Waals surface area contributed by atoms with Crippen LogP contribution in [0, 0.1) is 11.3 Å². The molecule has 1 heterocycles. The van der Waals surface area contributed by atoms with Gasteiger partial charge < -0.3 is 9.88 Å². The Kier molecular flexibility index (Phi) is 3.85. The number of nitrogens with one attached hydrogen (secondary N) is 1. The van der Waals surface area contributed by atoms with Gasteiger partial charge in [-0.3, -0.25) is 4.79 Å². The first-order valence-corrected chi connectivity index (χ1v) is 6.36. The lowest BCUT2D eigenvalue weighted by atomic mass is 10.2. The molecular formula is C15H16N4O. The second kappa shape index (κ2) is 5.57. The van der Waals surface area contributed by atoms with Gasteiger partial charge in [-0.25, -0.2) is 4.98 Å². The molecule has 0 spiro atoms. The highest BCUT2D eigenvalue weighted by Gasteiger charge is 2.10. The zero-order valence-electron chi connectivity index (χ0n) is 11.7. The molecule has 5 nitrogen and oxygen atoms in total. The number of hydrogen-bond donors (Lipinski definition) is 1. The van der Waals surface area contributed by atoms with Crippen molar-refractivity contribution < 1.29 is 0 Å². The van der Waals surface area contributed by atoms with Crippen LogP contribution >= 0.6 is 0 Å². The minimum absolute atomic E-state index is 0.150. The van der Waals surface area contributed by atoms with Gasteiger partial charge in [-0.1, -0.05) is 13.8 Å². The molecular weight excluding hydrogens is 252 g/mol. The summed E-state index contributed by atoms with van der Waals surface area (Å²) in [5.74, 6) is 1.40. The van der Waals surface area contributed by atoms with Crippen molar-refractivity contribution in [2.24, 2.45) is 0 Å². The smallest absolute Gasteiger partial charge is 0.253 e. The van der Waals surface area contributed by atoms with Gasteiger partial charge in [-0.2, -0.15) is 5.26 Å². The maximum absolute atomic E-state index is 11.7. The van der Waals surface area contributed by atoms with Crippen LogP contribution < -0.4 is 10.5 Å². The number of benzene rings is 1. The van der Waals surface area contributed by atoms with Crippen molar-refractivity contribution in [3.63, 3.8) is 0 Å². The van der Waals surface area contributed by atoms with Crippen LogP contribution in [0.4, 0.5) is 11.5 Å². The van der Waals surface area contributed by atoms with Gasteiger partial charge in [0.2, 0.25) is 0 Å². The van der Waals surface area contributed by atoms with Crippen LogP contribution in [-0.4, -0.2) is 17.0 Å². The quantitative estimate of drug-likeness (QED) is 0.928. The molecule has 0 unspecified atom stereocenters. The van der Waals surface area contributed by atoms with Gasteiger partial charge in [-0.05, 0) is 24.3 Å². The molecule has 0 amide bonds. The molecule has 1 aromatic heterocycles. The van der Waals surface area contributed by atoms with Crippen LogP contribution in [0.3, 0.4) is 0 Å². The fourth-order valence-corrected chi connectivity index (χ4v) is 1.80. The first-order chi connectivity index (χ1) is 9.51. The van der Waals surface area contributed by atoms with Crippen molar-refractivity contribution in [2.45, 2.75) is 19.8 Å². The molecule has 1 N–H and O–H groups in total. The number of H-pyrrole nitrogens is 1. The molecule has 1 aromatic carbocycles.